The molecule has 0 aliphatic rings. The highest BCUT2D eigenvalue weighted by molar-refractivity contribution is 9.10. The molecular weight excluding hydrogens is 506 g/mol. The quantitative estimate of drug-likeness (QED) is 0.275. The molecule has 2 N–H and O–H groups in total. The maximum Gasteiger partial charge on any atom is 0.291 e. The van der Waals surface area contributed by atoms with Gasteiger partial charge in [0.2, 0.25) is 0 Å². The molecule has 0 aliphatic heterocycles. The topological polar surface area (TPSA) is 84.5 Å². The van der Waals surface area contributed by atoms with Crippen LogP contribution in [0.15, 0.2) is 88.1 Å². The normalized spacial score (nSPS) is 11.0. The molecule has 0 spiro atoms. The standard InChI is InChI=1S/C24H17BrClN5O2/c25-18-14-28-31-22(12-20(30-23(18)31)17-4-1-2-5-19(17)26)27-13-15-7-9-16(10-8-15)29-24(32)21-6-3-11-33-21/h1-12,14,27H,13H2,(H,29,32). The second kappa shape index (κ2) is 9.09. The van der Waals surface area contributed by atoms with E-state index in [-0.39, 0.29) is 11.7 Å². The molecule has 9 heteroatoms. The van der Waals surface area contributed by atoms with E-state index in [0.717, 1.165) is 27.1 Å². The van der Waals surface area contributed by atoms with Crippen LogP contribution in [-0.2, 0) is 6.54 Å². The predicted octanol–water partition coefficient (Wildman–Crippen LogP) is 6.27. The minimum atomic E-state index is -0.290. The number of rotatable bonds is 6. The number of benzene rings is 2. The third-order valence-corrected chi connectivity index (χ3v) is 5.90. The first-order valence-electron chi connectivity index (χ1n) is 10.1. The molecule has 33 heavy (non-hydrogen) atoms. The summed E-state index contributed by atoms with van der Waals surface area (Å²) >= 11 is 9.92. The number of carbonyl (C=O) groups excluding carboxylic acids is 1. The first-order valence-corrected chi connectivity index (χ1v) is 11.2. The maximum atomic E-state index is 12.1. The van der Waals surface area contributed by atoms with E-state index in [1.54, 1.807) is 22.8 Å². The summed E-state index contributed by atoms with van der Waals surface area (Å²) in [5.41, 5.74) is 3.98. The number of carbonyl (C=O) groups is 1. The van der Waals surface area contributed by atoms with E-state index < -0.39 is 0 Å². The first kappa shape index (κ1) is 21.2. The molecule has 0 bridgehead atoms. The minimum Gasteiger partial charge on any atom is -0.459 e. The summed E-state index contributed by atoms with van der Waals surface area (Å²) in [7, 11) is 0. The lowest BCUT2D eigenvalue weighted by Crippen LogP contribution is -2.11. The predicted molar refractivity (Wildman–Crippen MR) is 132 cm³/mol. The van der Waals surface area contributed by atoms with Gasteiger partial charge in [0, 0.05) is 28.9 Å². The van der Waals surface area contributed by atoms with Crippen molar-refractivity contribution in [2.75, 3.05) is 10.6 Å². The molecule has 0 aliphatic carbocycles. The fourth-order valence-corrected chi connectivity index (χ4v) is 3.95. The smallest absolute Gasteiger partial charge is 0.291 e. The van der Waals surface area contributed by atoms with E-state index in [1.165, 1.54) is 6.26 Å². The van der Waals surface area contributed by atoms with Crippen LogP contribution in [0.3, 0.4) is 0 Å². The van der Waals surface area contributed by atoms with Gasteiger partial charge in [0.25, 0.3) is 5.91 Å². The van der Waals surface area contributed by atoms with Crippen LogP contribution in [0, 0.1) is 0 Å². The van der Waals surface area contributed by atoms with Crippen molar-refractivity contribution < 1.29 is 9.21 Å². The summed E-state index contributed by atoms with van der Waals surface area (Å²) in [6.45, 7) is 0.547. The average molecular weight is 523 g/mol. The number of nitrogens with zero attached hydrogens (tertiary/aromatic N) is 3. The Morgan fingerprint density at radius 3 is 2.67 bits per heavy atom. The van der Waals surface area contributed by atoms with Crippen LogP contribution in [-0.4, -0.2) is 20.5 Å². The third kappa shape index (κ3) is 4.48. The summed E-state index contributed by atoms with van der Waals surface area (Å²) in [6, 6.07) is 20.4. The SMILES string of the molecule is O=C(Nc1ccc(CNc2cc(-c3ccccc3Cl)nc3c(Br)cnn23)cc1)c1ccco1. The molecule has 5 aromatic rings. The Morgan fingerprint density at radius 2 is 1.91 bits per heavy atom. The van der Waals surface area contributed by atoms with Crippen LogP contribution in [0.4, 0.5) is 11.5 Å². The fraction of sp³-hybridized carbons (Fsp3) is 0.0417. The van der Waals surface area contributed by atoms with Gasteiger partial charge in [-0.2, -0.15) is 9.61 Å². The lowest BCUT2D eigenvalue weighted by atomic mass is 10.1. The highest BCUT2D eigenvalue weighted by atomic mass is 79.9. The summed E-state index contributed by atoms with van der Waals surface area (Å²) in [6.07, 6.45) is 3.18. The van der Waals surface area contributed by atoms with Crippen molar-refractivity contribution in [3.8, 4) is 11.3 Å². The molecular formula is C24H17BrClN5O2. The van der Waals surface area contributed by atoms with Gasteiger partial charge in [0.05, 0.1) is 22.6 Å². The van der Waals surface area contributed by atoms with Crippen molar-refractivity contribution in [3.05, 3.63) is 100 Å². The monoisotopic (exact) mass is 521 g/mol. The summed E-state index contributed by atoms with van der Waals surface area (Å²) in [5.74, 6) is 0.749. The number of anilines is 2. The molecule has 3 heterocycles. The van der Waals surface area contributed by atoms with Crippen LogP contribution < -0.4 is 10.6 Å². The van der Waals surface area contributed by atoms with Crippen molar-refractivity contribution in [1.29, 1.82) is 0 Å². The zero-order chi connectivity index (χ0) is 22.8. The summed E-state index contributed by atoms with van der Waals surface area (Å²) in [4.78, 5) is 16.8. The van der Waals surface area contributed by atoms with Gasteiger partial charge in [-0.05, 0) is 51.8 Å². The molecule has 0 saturated heterocycles. The van der Waals surface area contributed by atoms with E-state index in [2.05, 4.69) is 31.7 Å². The lowest BCUT2D eigenvalue weighted by molar-refractivity contribution is 0.0996. The number of hydrogen-bond acceptors (Lipinski definition) is 5. The minimum absolute atomic E-state index is 0.266. The van der Waals surface area contributed by atoms with Crippen LogP contribution >= 0.6 is 27.5 Å². The molecule has 0 radical (unpaired) electrons. The van der Waals surface area contributed by atoms with E-state index in [9.17, 15) is 4.79 Å². The van der Waals surface area contributed by atoms with Crippen LogP contribution in [0.5, 0.6) is 0 Å². The molecule has 0 unspecified atom stereocenters. The molecule has 2 aromatic carbocycles. The van der Waals surface area contributed by atoms with Gasteiger partial charge in [-0.1, -0.05) is 41.9 Å². The van der Waals surface area contributed by atoms with Crippen molar-refractivity contribution in [2.24, 2.45) is 0 Å². The van der Waals surface area contributed by atoms with E-state index in [0.29, 0.717) is 22.9 Å². The Bertz CT molecular complexity index is 1430. The lowest BCUT2D eigenvalue weighted by Gasteiger charge is -2.12. The van der Waals surface area contributed by atoms with Crippen molar-refractivity contribution in [3.63, 3.8) is 0 Å². The second-order valence-corrected chi connectivity index (χ2v) is 8.48. The number of amides is 1. The Kier molecular flexibility index (Phi) is 5.85. The molecule has 5 rings (SSSR count). The molecule has 7 nitrogen and oxygen atoms in total. The third-order valence-electron chi connectivity index (χ3n) is 5.01. The van der Waals surface area contributed by atoms with Crippen molar-refractivity contribution >= 4 is 50.6 Å². The van der Waals surface area contributed by atoms with Gasteiger partial charge < -0.3 is 15.1 Å². The average Bonchev–Trinajstić information content (AvgIpc) is 3.49. The van der Waals surface area contributed by atoms with Crippen LogP contribution in [0.2, 0.25) is 5.02 Å². The number of halogens is 2. The van der Waals surface area contributed by atoms with Crippen LogP contribution in [0.1, 0.15) is 16.1 Å². The van der Waals surface area contributed by atoms with Crippen molar-refractivity contribution in [2.45, 2.75) is 6.54 Å². The van der Waals surface area contributed by atoms with Gasteiger partial charge in [-0.3, -0.25) is 4.79 Å². The van der Waals surface area contributed by atoms with Gasteiger partial charge in [0.1, 0.15) is 5.82 Å². The molecule has 3 aromatic heterocycles. The number of aromatic nitrogens is 3. The summed E-state index contributed by atoms with van der Waals surface area (Å²) < 4.78 is 7.64. The highest BCUT2D eigenvalue weighted by Crippen LogP contribution is 2.30. The van der Waals surface area contributed by atoms with E-state index in [1.807, 2.05) is 54.6 Å². The van der Waals surface area contributed by atoms with Crippen molar-refractivity contribution in [1.82, 2.24) is 14.6 Å². The largest absolute Gasteiger partial charge is 0.459 e. The Labute approximate surface area is 202 Å². The number of nitrogens with one attached hydrogen (secondary N) is 2. The molecule has 1 amide bonds. The van der Waals surface area contributed by atoms with Gasteiger partial charge in [0.15, 0.2) is 11.4 Å². The Balaban J connectivity index is 1.36. The summed E-state index contributed by atoms with van der Waals surface area (Å²) in [5, 5.41) is 11.3. The second-order valence-electron chi connectivity index (χ2n) is 7.22. The molecule has 0 fully saturated rings. The van der Waals surface area contributed by atoms with Gasteiger partial charge >= 0.3 is 0 Å². The zero-order valence-corrected chi connectivity index (χ0v) is 19.5. The van der Waals surface area contributed by atoms with E-state index >= 15 is 0 Å². The fourth-order valence-electron chi connectivity index (χ4n) is 3.37. The zero-order valence-electron chi connectivity index (χ0n) is 17.1. The maximum absolute atomic E-state index is 12.1. The molecule has 0 atom stereocenters. The number of hydrogen-bond donors (Lipinski definition) is 2. The first-order chi connectivity index (χ1) is 16.1. The van der Waals surface area contributed by atoms with Gasteiger partial charge in [-0.25, -0.2) is 4.98 Å². The highest BCUT2D eigenvalue weighted by Gasteiger charge is 2.13. The van der Waals surface area contributed by atoms with E-state index in [4.69, 9.17) is 21.0 Å². The molecule has 0 saturated carbocycles. The van der Waals surface area contributed by atoms with Gasteiger partial charge in [-0.15, -0.1) is 0 Å². The Hall–Kier alpha value is -3.62. The molecule has 164 valence electrons. The number of fused-ring (bicyclic) bond motifs is 1. The number of furan rings is 1. The Morgan fingerprint density at radius 1 is 1.09 bits per heavy atom. The van der Waals surface area contributed by atoms with Crippen LogP contribution in [0.25, 0.3) is 16.9 Å².